The summed E-state index contributed by atoms with van der Waals surface area (Å²) in [6.07, 6.45) is 2.84. The molecule has 0 saturated carbocycles. The molecule has 3 N–H and O–H groups in total. The largest absolute Gasteiger partial charge is 0.396 e. The Morgan fingerprint density at radius 3 is 2.38 bits per heavy atom. The molecule has 0 bridgehead atoms. The van der Waals surface area contributed by atoms with Crippen molar-refractivity contribution in [3.8, 4) is 0 Å². The van der Waals surface area contributed by atoms with Gasteiger partial charge in [0.2, 0.25) is 0 Å². The molecule has 80 valence electrons. The third kappa shape index (κ3) is 6.02. The first-order valence-electron chi connectivity index (χ1n) is 5.11. The van der Waals surface area contributed by atoms with Gasteiger partial charge in [-0.1, -0.05) is 13.8 Å². The van der Waals surface area contributed by atoms with Crippen molar-refractivity contribution in [2.45, 2.75) is 33.1 Å². The van der Waals surface area contributed by atoms with Crippen molar-refractivity contribution in [3.05, 3.63) is 0 Å². The minimum absolute atomic E-state index is 0.0131. The summed E-state index contributed by atoms with van der Waals surface area (Å²) in [5, 5.41) is 20.9. The van der Waals surface area contributed by atoms with Gasteiger partial charge in [0.15, 0.2) is 0 Å². The van der Waals surface area contributed by atoms with Crippen LogP contribution in [-0.2, 0) is 0 Å². The molecular formula is C10H23NO2. The Morgan fingerprint density at radius 1 is 1.23 bits per heavy atom. The third-order valence-electron chi connectivity index (χ3n) is 2.55. The van der Waals surface area contributed by atoms with E-state index in [9.17, 15) is 0 Å². The van der Waals surface area contributed by atoms with Gasteiger partial charge in [0.05, 0.1) is 0 Å². The molecule has 0 fully saturated rings. The lowest BCUT2D eigenvalue weighted by atomic mass is 9.89. The van der Waals surface area contributed by atoms with Gasteiger partial charge in [0, 0.05) is 25.2 Å². The van der Waals surface area contributed by atoms with Gasteiger partial charge >= 0.3 is 0 Å². The van der Waals surface area contributed by atoms with Crippen LogP contribution in [0, 0.1) is 5.41 Å². The molecule has 0 radical (unpaired) electrons. The van der Waals surface area contributed by atoms with Gasteiger partial charge in [-0.15, -0.1) is 0 Å². The Labute approximate surface area is 81.2 Å². The Bertz CT molecular complexity index is 113. The second-order valence-electron chi connectivity index (χ2n) is 3.93. The van der Waals surface area contributed by atoms with Crippen LogP contribution in [0.25, 0.3) is 0 Å². The van der Waals surface area contributed by atoms with E-state index in [1.807, 2.05) is 0 Å². The molecule has 0 aliphatic heterocycles. The molecule has 3 nitrogen and oxygen atoms in total. The zero-order valence-corrected chi connectivity index (χ0v) is 8.84. The van der Waals surface area contributed by atoms with E-state index < -0.39 is 0 Å². The van der Waals surface area contributed by atoms with Gasteiger partial charge in [-0.3, -0.25) is 0 Å². The summed E-state index contributed by atoms with van der Waals surface area (Å²) in [5.74, 6) is 0. The molecule has 1 unspecified atom stereocenters. The molecule has 1 atom stereocenters. The third-order valence-corrected chi connectivity index (χ3v) is 2.55. The summed E-state index contributed by atoms with van der Waals surface area (Å²) in [7, 11) is 0. The van der Waals surface area contributed by atoms with Gasteiger partial charge in [-0.05, 0) is 25.8 Å². The summed E-state index contributed by atoms with van der Waals surface area (Å²) in [6, 6.07) is 0. The van der Waals surface area contributed by atoms with Crippen LogP contribution in [0.5, 0.6) is 0 Å². The molecule has 0 spiro atoms. The number of hydrogen-bond acceptors (Lipinski definition) is 3. The Kier molecular flexibility index (Phi) is 7.23. The highest BCUT2D eigenvalue weighted by atomic mass is 16.3. The second kappa shape index (κ2) is 7.30. The van der Waals surface area contributed by atoms with Crippen LogP contribution in [0.3, 0.4) is 0 Å². The van der Waals surface area contributed by atoms with Crippen LogP contribution in [0.1, 0.15) is 33.1 Å². The number of nitrogens with one attached hydrogen (secondary N) is 1. The van der Waals surface area contributed by atoms with E-state index in [1.165, 1.54) is 0 Å². The zero-order chi connectivity index (χ0) is 10.2. The fraction of sp³-hybridized carbons (Fsp3) is 1.00. The lowest BCUT2D eigenvalue weighted by Crippen LogP contribution is -2.34. The van der Waals surface area contributed by atoms with E-state index in [4.69, 9.17) is 10.2 Å². The first-order chi connectivity index (χ1) is 6.18. The van der Waals surface area contributed by atoms with E-state index in [2.05, 4.69) is 19.2 Å². The van der Waals surface area contributed by atoms with E-state index in [1.54, 1.807) is 0 Å². The Morgan fingerprint density at radius 2 is 1.92 bits per heavy atom. The first-order valence-corrected chi connectivity index (χ1v) is 5.11. The van der Waals surface area contributed by atoms with Crippen LogP contribution in [0.2, 0.25) is 0 Å². The van der Waals surface area contributed by atoms with E-state index in [0.717, 1.165) is 32.4 Å². The number of rotatable bonds is 8. The van der Waals surface area contributed by atoms with E-state index in [0.29, 0.717) is 0 Å². The standard InChI is InChI=1S/C10H23NO2/c1-3-10(2,9-13)8-11-6-4-5-7-12/h11-13H,3-9H2,1-2H3. The van der Waals surface area contributed by atoms with Gasteiger partial charge in [0.1, 0.15) is 0 Å². The number of hydrogen-bond donors (Lipinski definition) is 3. The molecule has 0 amide bonds. The number of aliphatic hydroxyl groups is 2. The summed E-state index contributed by atoms with van der Waals surface area (Å²) in [5.41, 5.74) is 0.0131. The van der Waals surface area contributed by atoms with Gasteiger partial charge in [-0.25, -0.2) is 0 Å². The fourth-order valence-corrected chi connectivity index (χ4v) is 1.04. The molecule has 0 aromatic carbocycles. The van der Waals surface area contributed by atoms with E-state index >= 15 is 0 Å². The molecule has 0 aliphatic carbocycles. The predicted molar refractivity (Wildman–Crippen MR) is 54.7 cm³/mol. The molecule has 13 heavy (non-hydrogen) atoms. The molecule has 0 aromatic rings. The van der Waals surface area contributed by atoms with Crippen molar-refractivity contribution in [3.63, 3.8) is 0 Å². The average Bonchev–Trinajstić information content (AvgIpc) is 2.17. The highest BCUT2D eigenvalue weighted by Gasteiger charge is 2.19. The molecule has 3 heteroatoms. The molecule has 0 saturated heterocycles. The molecular weight excluding hydrogens is 166 g/mol. The van der Waals surface area contributed by atoms with Crippen LogP contribution in [0.15, 0.2) is 0 Å². The maximum atomic E-state index is 9.11. The predicted octanol–water partition coefficient (Wildman–Crippen LogP) is 0.757. The molecule has 0 heterocycles. The lowest BCUT2D eigenvalue weighted by Gasteiger charge is -2.25. The first kappa shape index (κ1) is 12.9. The topological polar surface area (TPSA) is 52.5 Å². The molecule has 0 aromatic heterocycles. The van der Waals surface area contributed by atoms with Gasteiger partial charge < -0.3 is 15.5 Å². The summed E-state index contributed by atoms with van der Waals surface area (Å²) in [6.45, 7) is 6.45. The summed E-state index contributed by atoms with van der Waals surface area (Å²) in [4.78, 5) is 0. The van der Waals surface area contributed by atoms with Crippen molar-refractivity contribution in [1.82, 2.24) is 5.32 Å². The minimum atomic E-state index is 0.0131. The average molecular weight is 189 g/mol. The van der Waals surface area contributed by atoms with Crippen LogP contribution < -0.4 is 5.32 Å². The SMILES string of the molecule is CCC(C)(CO)CNCCCCO. The Balaban J connectivity index is 3.39. The zero-order valence-electron chi connectivity index (χ0n) is 8.84. The maximum Gasteiger partial charge on any atom is 0.0496 e. The second-order valence-corrected chi connectivity index (χ2v) is 3.93. The highest BCUT2D eigenvalue weighted by Crippen LogP contribution is 2.18. The van der Waals surface area contributed by atoms with Crippen LogP contribution >= 0.6 is 0 Å². The number of unbranched alkanes of at least 4 members (excludes halogenated alkanes) is 1. The summed E-state index contributed by atoms with van der Waals surface area (Å²) < 4.78 is 0. The highest BCUT2D eigenvalue weighted by molar-refractivity contribution is 4.73. The molecule has 0 aliphatic rings. The van der Waals surface area contributed by atoms with Crippen molar-refractivity contribution >= 4 is 0 Å². The fourth-order valence-electron chi connectivity index (χ4n) is 1.04. The molecule has 0 rings (SSSR count). The minimum Gasteiger partial charge on any atom is -0.396 e. The van der Waals surface area contributed by atoms with Gasteiger partial charge in [-0.2, -0.15) is 0 Å². The summed E-state index contributed by atoms with van der Waals surface area (Å²) >= 11 is 0. The van der Waals surface area contributed by atoms with Crippen molar-refractivity contribution in [2.75, 3.05) is 26.3 Å². The normalized spacial score (nSPS) is 15.7. The smallest absolute Gasteiger partial charge is 0.0496 e. The van der Waals surface area contributed by atoms with Crippen LogP contribution in [0.4, 0.5) is 0 Å². The quantitative estimate of drug-likeness (QED) is 0.494. The van der Waals surface area contributed by atoms with Crippen molar-refractivity contribution in [2.24, 2.45) is 5.41 Å². The van der Waals surface area contributed by atoms with Gasteiger partial charge in [0.25, 0.3) is 0 Å². The van der Waals surface area contributed by atoms with Crippen molar-refractivity contribution < 1.29 is 10.2 Å². The van der Waals surface area contributed by atoms with E-state index in [-0.39, 0.29) is 18.6 Å². The van der Waals surface area contributed by atoms with Crippen LogP contribution in [-0.4, -0.2) is 36.5 Å². The Hall–Kier alpha value is -0.120. The maximum absolute atomic E-state index is 9.11. The number of aliphatic hydroxyl groups excluding tert-OH is 2. The van der Waals surface area contributed by atoms with Crippen molar-refractivity contribution in [1.29, 1.82) is 0 Å². The lowest BCUT2D eigenvalue weighted by molar-refractivity contribution is 0.135. The monoisotopic (exact) mass is 189 g/mol.